The van der Waals surface area contributed by atoms with Gasteiger partial charge in [0.15, 0.2) is 5.94 Å². The summed E-state index contributed by atoms with van der Waals surface area (Å²) >= 11 is 0. The van der Waals surface area contributed by atoms with E-state index >= 15 is 0 Å². The van der Waals surface area contributed by atoms with Gasteiger partial charge in [-0.1, -0.05) is 0 Å². The Hall–Kier alpha value is -0.380. The number of nitrogens with two attached hydrogens (primary N) is 1. The maximum atomic E-state index is 12.3. The van der Waals surface area contributed by atoms with Crippen LogP contribution in [0.25, 0.3) is 0 Å². The fraction of sp³-hybridized carbons (Fsp3) is 1.00. The van der Waals surface area contributed by atoms with Crippen molar-refractivity contribution in [3.63, 3.8) is 0 Å². The van der Waals surface area contributed by atoms with Crippen LogP contribution >= 0.6 is 0 Å². The van der Waals surface area contributed by atoms with E-state index in [-0.39, 0.29) is 0 Å². The second-order valence-electron chi connectivity index (χ2n) is 3.58. The first kappa shape index (κ1) is 14.6. The van der Waals surface area contributed by atoms with E-state index in [9.17, 15) is 21.6 Å². The van der Waals surface area contributed by atoms with E-state index in [1.807, 2.05) is 0 Å². The smallest absolute Gasteiger partial charge is 0.363 e. The van der Waals surface area contributed by atoms with Gasteiger partial charge >= 0.3 is 6.18 Å². The zero-order valence-electron chi connectivity index (χ0n) is 8.26. The Labute approximate surface area is 85.8 Å². The fourth-order valence-electron chi connectivity index (χ4n) is 0.522. The number of sulfonamides is 1. The minimum atomic E-state index is -4.45. The molecule has 0 rings (SSSR count). The van der Waals surface area contributed by atoms with Crippen molar-refractivity contribution in [3.8, 4) is 0 Å². The minimum absolute atomic E-state index is 0.753. The first-order valence-corrected chi connectivity index (χ1v) is 5.51. The summed E-state index contributed by atoms with van der Waals surface area (Å²) in [6.45, 7) is 1.07. The molecule has 0 aromatic heterocycles. The molecule has 0 saturated heterocycles. The van der Waals surface area contributed by atoms with Gasteiger partial charge in [-0.2, -0.15) is 18.0 Å². The van der Waals surface area contributed by atoms with Gasteiger partial charge in [0, 0.05) is 0 Å². The normalized spacial score (nSPS) is 14.3. The summed E-state index contributed by atoms with van der Waals surface area (Å²) in [6, 6.07) is 0. The minimum Gasteiger partial charge on any atom is -0.363 e. The number of hydrogen-bond donors (Lipinski definition) is 2. The van der Waals surface area contributed by atoms with Crippen LogP contribution in [0.1, 0.15) is 13.8 Å². The lowest BCUT2D eigenvalue weighted by Gasteiger charge is -2.27. The third-order valence-electron chi connectivity index (χ3n) is 1.65. The van der Waals surface area contributed by atoms with E-state index in [0.717, 1.165) is 13.8 Å². The Bertz CT molecular complexity index is 299. The van der Waals surface area contributed by atoms with Crippen molar-refractivity contribution < 1.29 is 26.3 Å². The Morgan fingerprint density at radius 3 is 2.13 bits per heavy atom. The largest absolute Gasteiger partial charge is 0.396 e. The first-order chi connectivity index (χ1) is 6.52. The topological polar surface area (TPSA) is 81.4 Å². The van der Waals surface area contributed by atoms with Crippen LogP contribution < -0.4 is 10.7 Å². The molecule has 0 aromatic rings. The van der Waals surface area contributed by atoms with Crippen LogP contribution in [-0.2, 0) is 14.8 Å². The molecule has 0 saturated carbocycles. The summed E-state index contributed by atoms with van der Waals surface area (Å²) < 4.78 is 62.6. The molecule has 5 nitrogen and oxygen atoms in total. The fourth-order valence-corrected chi connectivity index (χ4v) is 0.893. The Morgan fingerprint density at radius 1 is 1.33 bits per heavy atom. The highest BCUT2D eigenvalue weighted by Gasteiger charge is 2.47. The lowest BCUT2D eigenvalue weighted by Crippen LogP contribution is -2.39. The lowest BCUT2D eigenvalue weighted by atomic mass is 9.94. The van der Waals surface area contributed by atoms with Crippen LogP contribution in [0.2, 0.25) is 0 Å². The molecule has 0 aliphatic rings. The van der Waals surface area contributed by atoms with Crippen molar-refractivity contribution in [2.75, 3.05) is 12.5 Å². The summed E-state index contributed by atoms with van der Waals surface area (Å²) in [7, 11) is -3.85. The first-order valence-electron chi connectivity index (χ1n) is 3.86. The third-order valence-corrected chi connectivity index (χ3v) is 2.48. The van der Waals surface area contributed by atoms with Crippen molar-refractivity contribution in [2.45, 2.75) is 20.0 Å². The van der Waals surface area contributed by atoms with Gasteiger partial charge in [0.2, 0.25) is 10.0 Å². The SMILES string of the molecule is CC(C)(COCS(=O)(=O)NN)C(F)(F)F. The van der Waals surface area contributed by atoms with E-state index in [2.05, 4.69) is 10.6 Å². The molecule has 0 heterocycles. The van der Waals surface area contributed by atoms with Gasteiger partial charge < -0.3 is 4.74 Å². The third kappa shape index (κ3) is 4.78. The van der Waals surface area contributed by atoms with Crippen molar-refractivity contribution in [1.82, 2.24) is 4.83 Å². The molecular formula is C6H13F3N2O3S. The quantitative estimate of drug-likeness (QED) is 0.544. The number of hydrogen-bond acceptors (Lipinski definition) is 4. The molecule has 9 heteroatoms. The molecular weight excluding hydrogens is 237 g/mol. The standard InChI is InChI=1S/C6H13F3N2O3S/c1-5(2,6(7,8)9)3-14-4-15(12,13)11-10/h11H,3-4,10H2,1-2H3. The summed E-state index contributed by atoms with van der Waals surface area (Å²) in [5.74, 6) is 3.70. The van der Waals surface area contributed by atoms with Crippen molar-refractivity contribution >= 4 is 10.0 Å². The molecule has 0 spiro atoms. The van der Waals surface area contributed by atoms with Crippen LogP contribution in [0.15, 0.2) is 0 Å². The maximum absolute atomic E-state index is 12.3. The van der Waals surface area contributed by atoms with Crippen LogP contribution in [0.5, 0.6) is 0 Å². The molecule has 0 amide bonds. The van der Waals surface area contributed by atoms with Crippen molar-refractivity contribution in [3.05, 3.63) is 0 Å². The summed E-state index contributed by atoms with van der Waals surface area (Å²) in [4.78, 5) is 1.43. The number of halogens is 3. The highest BCUT2D eigenvalue weighted by molar-refractivity contribution is 7.89. The second-order valence-corrected chi connectivity index (χ2v) is 5.28. The molecule has 0 radical (unpaired) electrons. The Balaban J connectivity index is 4.19. The molecule has 0 fully saturated rings. The lowest BCUT2D eigenvalue weighted by molar-refractivity contribution is -0.225. The number of hydrazine groups is 1. The summed E-state index contributed by atoms with van der Waals surface area (Å²) in [5, 5.41) is 0. The van der Waals surface area contributed by atoms with Crippen molar-refractivity contribution in [1.29, 1.82) is 0 Å². The highest BCUT2D eigenvalue weighted by Crippen LogP contribution is 2.37. The molecule has 0 unspecified atom stereocenters. The van der Waals surface area contributed by atoms with E-state index in [1.54, 1.807) is 0 Å². The zero-order chi connectivity index (χ0) is 12.3. The van der Waals surface area contributed by atoms with Crippen molar-refractivity contribution in [2.24, 2.45) is 11.3 Å². The van der Waals surface area contributed by atoms with Gasteiger partial charge in [0.05, 0.1) is 12.0 Å². The maximum Gasteiger partial charge on any atom is 0.396 e. The molecule has 0 bridgehead atoms. The second kappa shape index (κ2) is 4.64. The molecule has 0 aliphatic heterocycles. The molecule has 0 aliphatic carbocycles. The van der Waals surface area contributed by atoms with E-state index in [0.29, 0.717) is 0 Å². The predicted octanol–water partition coefficient (Wildman–Crippen LogP) is 0.342. The monoisotopic (exact) mass is 250 g/mol. The molecule has 3 N–H and O–H groups in total. The van der Waals surface area contributed by atoms with Gasteiger partial charge in [-0.25, -0.2) is 8.42 Å². The van der Waals surface area contributed by atoms with Crippen LogP contribution in [0, 0.1) is 5.41 Å². The predicted molar refractivity (Wildman–Crippen MR) is 46.9 cm³/mol. The Kier molecular flexibility index (Phi) is 4.52. The average molecular weight is 250 g/mol. The summed E-state index contributed by atoms with van der Waals surface area (Å²) in [5.41, 5.74) is -2.10. The molecule has 0 aromatic carbocycles. The van der Waals surface area contributed by atoms with Crippen LogP contribution in [0.3, 0.4) is 0 Å². The average Bonchev–Trinajstić information content (AvgIpc) is 2.01. The van der Waals surface area contributed by atoms with Gasteiger partial charge in [-0.05, 0) is 13.8 Å². The number of nitrogens with one attached hydrogen (secondary N) is 1. The van der Waals surface area contributed by atoms with Crippen LogP contribution in [0.4, 0.5) is 13.2 Å². The van der Waals surface area contributed by atoms with Gasteiger partial charge in [-0.15, -0.1) is 0 Å². The molecule has 92 valence electrons. The number of rotatable bonds is 5. The van der Waals surface area contributed by atoms with E-state index < -0.39 is 34.2 Å². The van der Waals surface area contributed by atoms with Gasteiger partial charge in [0.1, 0.15) is 0 Å². The molecule has 15 heavy (non-hydrogen) atoms. The van der Waals surface area contributed by atoms with Gasteiger partial charge in [-0.3, -0.25) is 5.84 Å². The van der Waals surface area contributed by atoms with E-state index in [1.165, 1.54) is 4.83 Å². The zero-order valence-corrected chi connectivity index (χ0v) is 9.07. The van der Waals surface area contributed by atoms with E-state index in [4.69, 9.17) is 0 Å². The van der Waals surface area contributed by atoms with Gasteiger partial charge in [0.25, 0.3) is 0 Å². The number of ether oxygens (including phenoxy) is 1. The highest BCUT2D eigenvalue weighted by atomic mass is 32.2. The number of alkyl halides is 3. The Morgan fingerprint density at radius 2 is 1.80 bits per heavy atom. The van der Waals surface area contributed by atoms with Crippen LogP contribution in [-0.4, -0.2) is 27.1 Å². The molecule has 0 atom stereocenters. The summed E-state index contributed by atoms with van der Waals surface area (Å²) in [6.07, 6.45) is -4.45.